The van der Waals surface area contributed by atoms with Gasteiger partial charge in [0.2, 0.25) is 0 Å². The smallest absolute Gasteiger partial charge is 0.270 e. The summed E-state index contributed by atoms with van der Waals surface area (Å²) < 4.78 is 2.09. The van der Waals surface area contributed by atoms with E-state index >= 15 is 0 Å². The van der Waals surface area contributed by atoms with E-state index < -0.39 is 0 Å². The number of nitrogens with zero attached hydrogens (tertiary/aromatic N) is 2. The minimum absolute atomic E-state index is 0.0287. The number of para-hydroxylation sites is 1. The number of likely N-dealkylation sites (tertiary alicyclic amines) is 1. The molecule has 1 aliphatic heterocycles. The number of rotatable bonds is 4. The van der Waals surface area contributed by atoms with Crippen LogP contribution in [0, 0.1) is 6.92 Å². The molecule has 5 nitrogen and oxygen atoms in total. The summed E-state index contributed by atoms with van der Waals surface area (Å²) in [4.78, 5) is 27.6. The van der Waals surface area contributed by atoms with Crippen molar-refractivity contribution >= 4 is 22.7 Å². The lowest BCUT2D eigenvalue weighted by Crippen LogP contribution is -2.47. The standard InChI is InChI=1S/C24H27N3O2/c1-3-27-21-11-7-5-9-18(21)16-22(27)24(29)26-14-12-19(13-15-26)25-23(28)20-10-6-4-8-17(20)2/h4-11,16,19H,3,12-15H2,1-2H3,(H,25,28). The number of amides is 2. The van der Waals surface area contributed by atoms with Crippen LogP contribution < -0.4 is 5.32 Å². The third kappa shape index (κ3) is 3.77. The Morgan fingerprint density at radius 2 is 1.72 bits per heavy atom. The van der Waals surface area contributed by atoms with Crippen LogP contribution in [0.2, 0.25) is 0 Å². The van der Waals surface area contributed by atoms with Crippen LogP contribution in [-0.2, 0) is 6.54 Å². The summed E-state index contributed by atoms with van der Waals surface area (Å²) in [6.45, 7) is 6.09. The average molecular weight is 389 g/mol. The number of piperidine rings is 1. The van der Waals surface area contributed by atoms with Crippen LogP contribution in [0.4, 0.5) is 0 Å². The lowest BCUT2D eigenvalue weighted by atomic mass is 10.0. The van der Waals surface area contributed by atoms with Crippen LogP contribution in [0.25, 0.3) is 10.9 Å². The highest BCUT2D eigenvalue weighted by atomic mass is 16.2. The first-order valence-corrected chi connectivity index (χ1v) is 10.3. The minimum Gasteiger partial charge on any atom is -0.349 e. The van der Waals surface area contributed by atoms with E-state index in [4.69, 9.17) is 0 Å². The fraction of sp³-hybridized carbons (Fsp3) is 0.333. The maximum Gasteiger partial charge on any atom is 0.270 e. The van der Waals surface area contributed by atoms with Crippen molar-refractivity contribution in [3.05, 3.63) is 71.4 Å². The third-order valence-corrected chi connectivity index (χ3v) is 5.85. The Morgan fingerprint density at radius 3 is 2.45 bits per heavy atom. The van der Waals surface area contributed by atoms with Gasteiger partial charge in [-0.1, -0.05) is 36.4 Å². The Bertz CT molecular complexity index is 1050. The highest BCUT2D eigenvalue weighted by molar-refractivity contribution is 5.99. The molecule has 0 aliphatic carbocycles. The molecule has 5 heteroatoms. The van der Waals surface area contributed by atoms with Gasteiger partial charge in [-0.05, 0) is 50.5 Å². The van der Waals surface area contributed by atoms with Crippen molar-refractivity contribution in [3.63, 3.8) is 0 Å². The topological polar surface area (TPSA) is 54.3 Å². The molecule has 1 fully saturated rings. The van der Waals surface area contributed by atoms with Crippen LogP contribution in [0.15, 0.2) is 54.6 Å². The number of hydrogen-bond donors (Lipinski definition) is 1. The molecule has 0 unspecified atom stereocenters. The Hall–Kier alpha value is -3.08. The zero-order valence-corrected chi connectivity index (χ0v) is 17.0. The molecule has 0 atom stereocenters. The molecule has 29 heavy (non-hydrogen) atoms. The first kappa shape index (κ1) is 19.2. The molecule has 2 heterocycles. The highest BCUT2D eigenvalue weighted by Gasteiger charge is 2.27. The summed E-state index contributed by atoms with van der Waals surface area (Å²) in [6, 6.07) is 17.8. The van der Waals surface area contributed by atoms with Gasteiger partial charge >= 0.3 is 0 Å². The predicted octanol–water partition coefficient (Wildman–Crippen LogP) is 4.00. The predicted molar refractivity (Wildman–Crippen MR) is 115 cm³/mol. The van der Waals surface area contributed by atoms with Crippen molar-refractivity contribution in [2.45, 2.75) is 39.3 Å². The molecule has 0 bridgehead atoms. The molecule has 1 aliphatic rings. The lowest BCUT2D eigenvalue weighted by molar-refractivity contribution is 0.0688. The molecule has 0 radical (unpaired) electrons. The summed E-state index contributed by atoms with van der Waals surface area (Å²) in [5.41, 5.74) is 3.54. The van der Waals surface area contributed by atoms with Gasteiger partial charge in [0.05, 0.1) is 0 Å². The molecule has 2 aromatic carbocycles. The zero-order chi connectivity index (χ0) is 20.4. The van der Waals surface area contributed by atoms with Gasteiger partial charge in [0.15, 0.2) is 0 Å². The maximum absolute atomic E-state index is 13.2. The van der Waals surface area contributed by atoms with Crippen molar-refractivity contribution in [2.75, 3.05) is 13.1 Å². The summed E-state index contributed by atoms with van der Waals surface area (Å²) >= 11 is 0. The van der Waals surface area contributed by atoms with E-state index in [2.05, 4.69) is 22.9 Å². The van der Waals surface area contributed by atoms with E-state index in [1.54, 1.807) is 0 Å². The first-order chi connectivity index (χ1) is 14.1. The first-order valence-electron chi connectivity index (χ1n) is 10.3. The SMILES string of the molecule is CCn1c(C(=O)N2CCC(NC(=O)c3ccccc3C)CC2)cc2ccccc21. The molecule has 0 saturated carbocycles. The van der Waals surface area contributed by atoms with Crippen molar-refractivity contribution in [2.24, 2.45) is 0 Å². The number of benzene rings is 2. The summed E-state index contributed by atoms with van der Waals surface area (Å²) in [7, 11) is 0. The zero-order valence-electron chi connectivity index (χ0n) is 17.0. The van der Waals surface area contributed by atoms with Crippen LogP contribution >= 0.6 is 0 Å². The Balaban J connectivity index is 1.42. The number of fused-ring (bicyclic) bond motifs is 1. The lowest BCUT2D eigenvalue weighted by Gasteiger charge is -2.32. The van der Waals surface area contributed by atoms with Crippen LogP contribution in [-0.4, -0.2) is 40.4 Å². The Kier molecular flexibility index (Phi) is 5.38. The van der Waals surface area contributed by atoms with E-state index in [-0.39, 0.29) is 17.9 Å². The van der Waals surface area contributed by atoms with Crippen LogP contribution in [0.3, 0.4) is 0 Å². The summed E-state index contributed by atoms with van der Waals surface area (Å²) in [6.07, 6.45) is 1.55. The van der Waals surface area contributed by atoms with Gasteiger partial charge in [-0.25, -0.2) is 0 Å². The van der Waals surface area contributed by atoms with Gasteiger partial charge in [-0.15, -0.1) is 0 Å². The average Bonchev–Trinajstić information content (AvgIpc) is 3.12. The van der Waals surface area contributed by atoms with E-state index in [9.17, 15) is 9.59 Å². The number of hydrogen-bond acceptors (Lipinski definition) is 2. The molecule has 150 valence electrons. The largest absolute Gasteiger partial charge is 0.349 e. The number of carbonyl (C=O) groups excluding carboxylic acids is 2. The van der Waals surface area contributed by atoms with Crippen molar-refractivity contribution in [1.29, 1.82) is 0 Å². The Morgan fingerprint density at radius 1 is 1.03 bits per heavy atom. The third-order valence-electron chi connectivity index (χ3n) is 5.85. The fourth-order valence-corrected chi connectivity index (χ4v) is 4.21. The van der Waals surface area contributed by atoms with Crippen molar-refractivity contribution < 1.29 is 9.59 Å². The van der Waals surface area contributed by atoms with Gasteiger partial charge in [-0.2, -0.15) is 0 Å². The van der Waals surface area contributed by atoms with E-state index in [1.165, 1.54) is 0 Å². The monoisotopic (exact) mass is 389 g/mol. The van der Waals surface area contributed by atoms with Gasteiger partial charge in [0.25, 0.3) is 11.8 Å². The van der Waals surface area contributed by atoms with Gasteiger partial charge < -0.3 is 14.8 Å². The summed E-state index contributed by atoms with van der Waals surface area (Å²) in [5, 5.41) is 4.23. The quantitative estimate of drug-likeness (QED) is 0.733. The molecule has 4 rings (SSSR count). The van der Waals surface area contributed by atoms with E-state index in [1.807, 2.05) is 60.4 Å². The second kappa shape index (κ2) is 8.11. The van der Waals surface area contributed by atoms with Crippen molar-refractivity contribution in [3.8, 4) is 0 Å². The van der Waals surface area contributed by atoms with Crippen molar-refractivity contribution in [1.82, 2.24) is 14.8 Å². The molecule has 1 aromatic heterocycles. The molecular formula is C24H27N3O2. The van der Waals surface area contributed by atoms with E-state index in [0.29, 0.717) is 13.1 Å². The fourth-order valence-electron chi connectivity index (χ4n) is 4.21. The number of nitrogens with one attached hydrogen (secondary N) is 1. The second-order valence-electron chi connectivity index (χ2n) is 7.69. The molecule has 3 aromatic rings. The van der Waals surface area contributed by atoms with Gasteiger partial charge in [-0.3, -0.25) is 9.59 Å². The number of aromatic nitrogens is 1. The Labute approximate surface area is 171 Å². The maximum atomic E-state index is 13.2. The molecular weight excluding hydrogens is 362 g/mol. The van der Waals surface area contributed by atoms with Crippen LogP contribution in [0.5, 0.6) is 0 Å². The normalized spacial score (nSPS) is 14.9. The minimum atomic E-state index is -0.0287. The van der Waals surface area contributed by atoms with E-state index in [0.717, 1.165) is 47.1 Å². The molecule has 2 amide bonds. The van der Waals surface area contributed by atoms with Gasteiger partial charge in [0, 0.05) is 42.1 Å². The molecule has 1 saturated heterocycles. The second-order valence-corrected chi connectivity index (χ2v) is 7.69. The van der Waals surface area contributed by atoms with Crippen LogP contribution in [0.1, 0.15) is 46.2 Å². The summed E-state index contributed by atoms with van der Waals surface area (Å²) in [5.74, 6) is 0.0470. The number of carbonyl (C=O) groups is 2. The number of aryl methyl sites for hydroxylation is 2. The molecule has 1 N–H and O–H groups in total. The highest BCUT2D eigenvalue weighted by Crippen LogP contribution is 2.22. The van der Waals surface area contributed by atoms with Gasteiger partial charge in [0.1, 0.15) is 5.69 Å². The molecule has 0 spiro atoms.